The van der Waals surface area contributed by atoms with E-state index in [-0.39, 0.29) is 24.1 Å². The smallest absolute Gasteiger partial charge is 0.257 e. The molecule has 1 aliphatic heterocycles. The van der Waals surface area contributed by atoms with Crippen molar-refractivity contribution >= 4 is 46.0 Å². The van der Waals surface area contributed by atoms with Crippen LogP contribution in [0.3, 0.4) is 0 Å². The number of rotatable bonds is 6. The lowest BCUT2D eigenvalue weighted by molar-refractivity contribution is -0.122. The molecule has 0 N–H and O–H groups in total. The second kappa shape index (κ2) is 9.65. The molecule has 0 aliphatic carbocycles. The molecule has 5 nitrogen and oxygen atoms in total. The van der Waals surface area contributed by atoms with Crippen LogP contribution in [0.1, 0.15) is 27.9 Å². The number of hydrogen-bond acceptors (Lipinski definition) is 3. The van der Waals surface area contributed by atoms with Gasteiger partial charge in [0.2, 0.25) is 5.91 Å². The Hall–Kier alpha value is -3.00. The summed E-state index contributed by atoms with van der Waals surface area (Å²) in [7, 11) is 0. The van der Waals surface area contributed by atoms with Crippen molar-refractivity contribution < 1.29 is 14.4 Å². The van der Waals surface area contributed by atoms with E-state index in [4.69, 9.17) is 0 Å². The largest absolute Gasteiger partial charge is 0.326 e. The summed E-state index contributed by atoms with van der Waals surface area (Å²) in [5, 5.41) is 0. The standard InChI is InChI=1S/C26H23IN2O3/c1-18-6-5-9-20(16-18)25(31)28(15-14-19-7-3-2-4-8-19)23-17-24(30)29(26(23)32)22-12-10-21(27)11-13-22/h2-13,16,23H,14-15,17H2,1H3. The zero-order valence-electron chi connectivity index (χ0n) is 17.7. The molecule has 0 bridgehead atoms. The Balaban J connectivity index is 1.64. The van der Waals surface area contributed by atoms with E-state index >= 15 is 0 Å². The van der Waals surface area contributed by atoms with Crippen LogP contribution in [0, 0.1) is 10.5 Å². The van der Waals surface area contributed by atoms with E-state index in [1.807, 2.05) is 67.6 Å². The molecule has 6 heteroatoms. The summed E-state index contributed by atoms with van der Waals surface area (Å²) in [4.78, 5) is 42.5. The molecule has 0 radical (unpaired) electrons. The predicted octanol–water partition coefficient (Wildman–Crippen LogP) is 4.62. The van der Waals surface area contributed by atoms with Crippen LogP contribution in [0.4, 0.5) is 5.69 Å². The van der Waals surface area contributed by atoms with E-state index in [1.165, 1.54) is 4.90 Å². The maximum absolute atomic E-state index is 13.5. The molecule has 3 amide bonds. The fraction of sp³-hybridized carbons (Fsp3) is 0.192. The minimum atomic E-state index is -0.821. The molecule has 3 aromatic rings. The van der Waals surface area contributed by atoms with Gasteiger partial charge in [0.15, 0.2) is 0 Å². The molecule has 4 rings (SSSR count). The summed E-state index contributed by atoms with van der Waals surface area (Å²) in [5.41, 5.74) is 3.09. The van der Waals surface area contributed by atoms with Crippen molar-refractivity contribution in [3.05, 3.63) is 99.1 Å². The third kappa shape index (κ3) is 4.75. The number of imide groups is 1. The fourth-order valence-corrected chi connectivity index (χ4v) is 4.32. The lowest BCUT2D eigenvalue weighted by Gasteiger charge is -2.28. The van der Waals surface area contributed by atoms with E-state index in [9.17, 15) is 14.4 Å². The average Bonchev–Trinajstić information content (AvgIpc) is 3.09. The summed E-state index contributed by atoms with van der Waals surface area (Å²) in [6.07, 6.45) is 0.580. The highest BCUT2D eigenvalue weighted by molar-refractivity contribution is 14.1. The molecule has 0 saturated carbocycles. The Morgan fingerprint density at radius 1 is 1.00 bits per heavy atom. The van der Waals surface area contributed by atoms with E-state index < -0.39 is 6.04 Å². The van der Waals surface area contributed by atoms with Gasteiger partial charge in [-0.15, -0.1) is 0 Å². The van der Waals surface area contributed by atoms with Crippen molar-refractivity contribution in [1.29, 1.82) is 0 Å². The van der Waals surface area contributed by atoms with Crippen molar-refractivity contribution in [3.63, 3.8) is 0 Å². The number of hydrogen-bond donors (Lipinski definition) is 0. The first-order valence-electron chi connectivity index (χ1n) is 10.5. The van der Waals surface area contributed by atoms with E-state index in [0.717, 1.165) is 14.7 Å². The van der Waals surface area contributed by atoms with Gasteiger partial charge >= 0.3 is 0 Å². The second-order valence-corrected chi connectivity index (χ2v) is 9.11. The van der Waals surface area contributed by atoms with Crippen LogP contribution in [0.5, 0.6) is 0 Å². The molecule has 1 aliphatic rings. The Morgan fingerprint density at radius 3 is 2.41 bits per heavy atom. The molecular formula is C26H23IN2O3. The zero-order valence-corrected chi connectivity index (χ0v) is 19.9. The quantitative estimate of drug-likeness (QED) is 0.340. The number of anilines is 1. The summed E-state index contributed by atoms with van der Waals surface area (Å²) in [6, 6.07) is 23.6. The predicted molar refractivity (Wildman–Crippen MR) is 132 cm³/mol. The SMILES string of the molecule is Cc1cccc(C(=O)N(CCc2ccccc2)C2CC(=O)N(c3ccc(I)cc3)C2=O)c1. The third-order valence-corrected chi connectivity index (χ3v) is 6.31. The molecular weight excluding hydrogens is 515 g/mol. The number of nitrogens with zero attached hydrogens (tertiary/aromatic N) is 2. The molecule has 162 valence electrons. The van der Waals surface area contributed by atoms with Gasteiger partial charge in [0.1, 0.15) is 6.04 Å². The van der Waals surface area contributed by atoms with Gasteiger partial charge in [-0.1, -0.05) is 48.0 Å². The maximum Gasteiger partial charge on any atom is 0.257 e. The van der Waals surface area contributed by atoms with Gasteiger partial charge in [-0.3, -0.25) is 14.4 Å². The minimum Gasteiger partial charge on any atom is -0.326 e. The third-order valence-electron chi connectivity index (χ3n) is 5.59. The molecule has 1 atom stereocenters. The average molecular weight is 538 g/mol. The second-order valence-electron chi connectivity index (χ2n) is 7.87. The topological polar surface area (TPSA) is 57.7 Å². The van der Waals surface area contributed by atoms with Crippen molar-refractivity contribution in [3.8, 4) is 0 Å². The number of amides is 3. The van der Waals surface area contributed by atoms with Crippen LogP contribution in [-0.4, -0.2) is 35.2 Å². The first kappa shape index (κ1) is 22.2. The van der Waals surface area contributed by atoms with Crippen molar-refractivity contribution in [1.82, 2.24) is 4.90 Å². The fourth-order valence-electron chi connectivity index (χ4n) is 3.96. The highest BCUT2D eigenvalue weighted by Gasteiger charge is 2.44. The number of halogens is 1. The zero-order chi connectivity index (χ0) is 22.7. The number of aryl methyl sites for hydroxylation is 1. The number of carbonyl (C=O) groups is 3. The van der Waals surface area contributed by atoms with Gasteiger partial charge in [-0.2, -0.15) is 0 Å². The van der Waals surface area contributed by atoms with Crippen LogP contribution in [0.25, 0.3) is 0 Å². The van der Waals surface area contributed by atoms with E-state index in [2.05, 4.69) is 22.6 Å². The van der Waals surface area contributed by atoms with Crippen molar-refractivity contribution in [2.24, 2.45) is 0 Å². The number of carbonyl (C=O) groups excluding carboxylic acids is 3. The van der Waals surface area contributed by atoms with Crippen LogP contribution in [0.15, 0.2) is 78.9 Å². The van der Waals surface area contributed by atoms with Crippen LogP contribution in [0.2, 0.25) is 0 Å². The Bertz CT molecular complexity index is 1150. The molecule has 0 aromatic heterocycles. The molecule has 32 heavy (non-hydrogen) atoms. The Morgan fingerprint density at radius 2 is 1.72 bits per heavy atom. The van der Waals surface area contributed by atoms with E-state index in [1.54, 1.807) is 23.1 Å². The minimum absolute atomic E-state index is 0.0167. The molecule has 1 fully saturated rings. The molecule has 0 spiro atoms. The van der Waals surface area contributed by atoms with E-state index in [0.29, 0.717) is 24.2 Å². The van der Waals surface area contributed by atoms with Gasteiger partial charge in [0, 0.05) is 15.7 Å². The van der Waals surface area contributed by atoms with Crippen LogP contribution in [-0.2, 0) is 16.0 Å². The first-order valence-corrected chi connectivity index (χ1v) is 11.6. The molecule has 3 aromatic carbocycles. The summed E-state index contributed by atoms with van der Waals surface area (Å²) >= 11 is 2.18. The van der Waals surface area contributed by atoms with Crippen LogP contribution < -0.4 is 4.90 Å². The highest BCUT2D eigenvalue weighted by Crippen LogP contribution is 2.27. The normalized spacial score (nSPS) is 15.8. The lowest BCUT2D eigenvalue weighted by Crippen LogP contribution is -2.46. The van der Waals surface area contributed by atoms with Gasteiger partial charge in [0.05, 0.1) is 12.1 Å². The summed E-state index contributed by atoms with van der Waals surface area (Å²) in [6.45, 7) is 2.27. The van der Waals surface area contributed by atoms with Gasteiger partial charge in [-0.05, 0) is 77.9 Å². The van der Waals surface area contributed by atoms with Crippen molar-refractivity contribution in [2.75, 3.05) is 11.4 Å². The van der Waals surface area contributed by atoms with Gasteiger partial charge in [0.25, 0.3) is 11.8 Å². The van der Waals surface area contributed by atoms with Crippen molar-refractivity contribution in [2.45, 2.75) is 25.8 Å². The molecule has 1 unspecified atom stereocenters. The monoisotopic (exact) mass is 538 g/mol. The number of benzene rings is 3. The van der Waals surface area contributed by atoms with Gasteiger partial charge < -0.3 is 4.90 Å². The maximum atomic E-state index is 13.5. The Kier molecular flexibility index (Phi) is 6.69. The first-order chi connectivity index (χ1) is 15.4. The Labute approximate surface area is 201 Å². The highest BCUT2D eigenvalue weighted by atomic mass is 127. The summed E-state index contributed by atoms with van der Waals surface area (Å²) in [5.74, 6) is -0.881. The molecule has 1 saturated heterocycles. The van der Waals surface area contributed by atoms with Crippen LogP contribution >= 0.6 is 22.6 Å². The lowest BCUT2D eigenvalue weighted by atomic mass is 10.1. The summed E-state index contributed by atoms with van der Waals surface area (Å²) < 4.78 is 1.01. The molecule has 1 heterocycles. The van der Waals surface area contributed by atoms with Gasteiger partial charge in [-0.25, -0.2) is 4.90 Å².